The van der Waals surface area contributed by atoms with Crippen LogP contribution in [0.3, 0.4) is 0 Å². The zero-order chi connectivity index (χ0) is 15.9. The molecule has 0 radical (unpaired) electrons. The summed E-state index contributed by atoms with van der Waals surface area (Å²) in [5.74, 6) is 1.01. The van der Waals surface area contributed by atoms with Crippen molar-refractivity contribution in [1.82, 2.24) is 10.2 Å². The fourth-order valence-corrected chi connectivity index (χ4v) is 3.27. The van der Waals surface area contributed by atoms with Crippen molar-refractivity contribution in [3.63, 3.8) is 0 Å². The highest BCUT2D eigenvalue weighted by atomic mass is 16.3. The number of likely N-dealkylation sites (tertiary alicyclic amines) is 1. The van der Waals surface area contributed by atoms with Gasteiger partial charge in [0.15, 0.2) is 0 Å². The zero-order valence-corrected chi connectivity index (χ0v) is 13.5. The Labute approximate surface area is 138 Å². The summed E-state index contributed by atoms with van der Waals surface area (Å²) < 4.78 is 5.65. The quantitative estimate of drug-likeness (QED) is 0.824. The summed E-state index contributed by atoms with van der Waals surface area (Å²) in [6.45, 7) is 3.58. The van der Waals surface area contributed by atoms with E-state index in [0.717, 1.165) is 31.0 Å². The molecule has 1 aliphatic heterocycles. The van der Waals surface area contributed by atoms with Gasteiger partial charge in [-0.2, -0.15) is 0 Å². The number of hydrogen-bond acceptors (Lipinski definition) is 4. The van der Waals surface area contributed by atoms with Gasteiger partial charge >= 0.3 is 0 Å². The van der Waals surface area contributed by atoms with Gasteiger partial charge in [-0.15, -0.1) is 0 Å². The number of aliphatic hydroxyl groups is 1. The summed E-state index contributed by atoms with van der Waals surface area (Å²) in [6.07, 6.45) is 5.09. The highest BCUT2D eigenvalue weighted by Gasteiger charge is 2.24. The molecule has 0 bridgehead atoms. The zero-order valence-electron chi connectivity index (χ0n) is 13.5. The molecule has 23 heavy (non-hydrogen) atoms. The topological polar surface area (TPSA) is 48.6 Å². The first-order valence-electron chi connectivity index (χ1n) is 8.56. The van der Waals surface area contributed by atoms with Gasteiger partial charge < -0.3 is 14.8 Å². The smallest absolute Gasteiger partial charge is 0.122 e. The first kappa shape index (κ1) is 16.2. The standard InChI is InChI=1S/C19H26N2O2/c22-18(16-8-3-1-4-9-16)15-20-14-17(19-10-7-13-23-19)21-11-5-2-6-12-21/h1,3-4,7-10,13,17-18,20,22H,2,5-6,11-12,14-15H2/t17-,18+/m1/s1. The number of rotatable bonds is 7. The number of benzene rings is 1. The first-order chi connectivity index (χ1) is 11.3. The van der Waals surface area contributed by atoms with Crippen molar-refractivity contribution in [1.29, 1.82) is 0 Å². The molecule has 0 saturated carbocycles. The Morgan fingerprint density at radius 1 is 1.00 bits per heavy atom. The molecule has 1 fully saturated rings. The lowest BCUT2D eigenvalue weighted by atomic mass is 10.1. The fraction of sp³-hybridized carbons (Fsp3) is 0.474. The summed E-state index contributed by atoms with van der Waals surface area (Å²) in [4.78, 5) is 2.49. The predicted molar refractivity (Wildman–Crippen MR) is 91.1 cm³/mol. The van der Waals surface area contributed by atoms with Crippen LogP contribution in [0, 0.1) is 0 Å². The third-order valence-corrected chi connectivity index (χ3v) is 4.56. The van der Waals surface area contributed by atoms with Crippen LogP contribution in [0.5, 0.6) is 0 Å². The van der Waals surface area contributed by atoms with E-state index in [1.807, 2.05) is 36.4 Å². The number of nitrogens with zero attached hydrogens (tertiary/aromatic N) is 1. The van der Waals surface area contributed by atoms with E-state index >= 15 is 0 Å². The van der Waals surface area contributed by atoms with E-state index in [1.165, 1.54) is 19.3 Å². The minimum Gasteiger partial charge on any atom is -0.468 e. The maximum absolute atomic E-state index is 10.3. The van der Waals surface area contributed by atoms with Crippen LogP contribution in [-0.4, -0.2) is 36.2 Å². The van der Waals surface area contributed by atoms with E-state index in [4.69, 9.17) is 4.42 Å². The molecule has 0 amide bonds. The number of piperidine rings is 1. The third-order valence-electron chi connectivity index (χ3n) is 4.56. The Balaban J connectivity index is 1.56. The number of hydrogen-bond donors (Lipinski definition) is 2. The van der Waals surface area contributed by atoms with E-state index in [1.54, 1.807) is 6.26 Å². The minimum absolute atomic E-state index is 0.244. The lowest BCUT2D eigenvalue weighted by molar-refractivity contribution is 0.131. The summed E-state index contributed by atoms with van der Waals surface area (Å²) >= 11 is 0. The number of nitrogens with one attached hydrogen (secondary N) is 1. The second-order valence-electron chi connectivity index (χ2n) is 6.21. The fourth-order valence-electron chi connectivity index (χ4n) is 3.27. The molecular weight excluding hydrogens is 288 g/mol. The molecule has 1 aromatic heterocycles. The Morgan fingerprint density at radius 2 is 1.78 bits per heavy atom. The predicted octanol–water partition coefficient (Wildman–Crippen LogP) is 3.13. The highest BCUT2D eigenvalue weighted by Crippen LogP contribution is 2.24. The molecule has 0 spiro atoms. The molecule has 3 rings (SSSR count). The Bertz CT molecular complexity index is 550. The maximum Gasteiger partial charge on any atom is 0.122 e. The van der Waals surface area contributed by atoms with Gasteiger partial charge in [-0.3, -0.25) is 4.90 Å². The van der Waals surface area contributed by atoms with Crippen molar-refractivity contribution >= 4 is 0 Å². The molecular formula is C19H26N2O2. The molecule has 4 heteroatoms. The van der Waals surface area contributed by atoms with Crippen LogP contribution in [0.4, 0.5) is 0 Å². The maximum atomic E-state index is 10.3. The summed E-state index contributed by atoms with van der Waals surface area (Å²) in [5, 5.41) is 13.7. The average molecular weight is 314 g/mol. The summed E-state index contributed by atoms with van der Waals surface area (Å²) in [5.41, 5.74) is 0.951. The molecule has 4 nitrogen and oxygen atoms in total. The van der Waals surface area contributed by atoms with Crippen LogP contribution in [0.25, 0.3) is 0 Å². The summed E-state index contributed by atoms with van der Waals surface area (Å²) in [7, 11) is 0. The molecule has 1 aromatic carbocycles. The van der Waals surface area contributed by atoms with Gasteiger partial charge in [-0.25, -0.2) is 0 Å². The van der Waals surface area contributed by atoms with Crippen LogP contribution >= 0.6 is 0 Å². The van der Waals surface area contributed by atoms with Crippen molar-refractivity contribution in [3.05, 3.63) is 60.1 Å². The van der Waals surface area contributed by atoms with E-state index in [9.17, 15) is 5.11 Å². The molecule has 2 atom stereocenters. The van der Waals surface area contributed by atoms with Gasteiger partial charge in [0.1, 0.15) is 5.76 Å². The Morgan fingerprint density at radius 3 is 2.48 bits per heavy atom. The molecule has 2 N–H and O–H groups in total. The summed E-state index contributed by atoms with van der Waals surface area (Å²) in [6, 6.07) is 14.0. The minimum atomic E-state index is -0.477. The van der Waals surface area contributed by atoms with Crippen molar-refractivity contribution in [2.24, 2.45) is 0 Å². The van der Waals surface area contributed by atoms with E-state index in [0.29, 0.717) is 6.54 Å². The van der Waals surface area contributed by atoms with Gasteiger partial charge in [0.2, 0.25) is 0 Å². The molecule has 0 aliphatic carbocycles. The molecule has 2 aromatic rings. The van der Waals surface area contributed by atoms with Crippen LogP contribution in [-0.2, 0) is 0 Å². The van der Waals surface area contributed by atoms with Crippen LogP contribution < -0.4 is 5.32 Å². The molecule has 1 aliphatic rings. The number of furan rings is 1. The van der Waals surface area contributed by atoms with Gasteiger partial charge in [0.25, 0.3) is 0 Å². The first-order valence-corrected chi connectivity index (χ1v) is 8.56. The van der Waals surface area contributed by atoms with Gasteiger partial charge in [0, 0.05) is 13.1 Å². The lowest BCUT2D eigenvalue weighted by Crippen LogP contribution is -2.39. The van der Waals surface area contributed by atoms with Gasteiger partial charge in [0.05, 0.1) is 18.4 Å². The van der Waals surface area contributed by atoms with Gasteiger partial charge in [-0.1, -0.05) is 36.8 Å². The second kappa shape index (κ2) is 8.29. The lowest BCUT2D eigenvalue weighted by Gasteiger charge is -2.33. The monoisotopic (exact) mass is 314 g/mol. The average Bonchev–Trinajstić information content (AvgIpc) is 3.14. The highest BCUT2D eigenvalue weighted by molar-refractivity contribution is 5.17. The van der Waals surface area contributed by atoms with Crippen molar-refractivity contribution < 1.29 is 9.52 Å². The van der Waals surface area contributed by atoms with Crippen LogP contribution in [0.2, 0.25) is 0 Å². The second-order valence-corrected chi connectivity index (χ2v) is 6.21. The van der Waals surface area contributed by atoms with E-state index in [-0.39, 0.29) is 6.04 Å². The Hall–Kier alpha value is -1.62. The van der Waals surface area contributed by atoms with Crippen LogP contribution in [0.1, 0.15) is 42.7 Å². The van der Waals surface area contributed by atoms with E-state index < -0.39 is 6.10 Å². The largest absolute Gasteiger partial charge is 0.468 e. The van der Waals surface area contributed by atoms with Crippen molar-refractivity contribution in [3.8, 4) is 0 Å². The Kier molecular flexibility index (Phi) is 5.86. The van der Waals surface area contributed by atoms with E-state index in [2.05, 4.69) is 16.3 Å². The number of aliphatic hydroxyl groups excluding tert-OH is 1. The third kappa shape index (κ3) is 4.44. The molecule has 2 heterocycles. The molecule has 1 saturated heterocycles. The normalized spacial score (nSPS) is 18.7. The van der Waals surface area contributed by atoms with Gasteiger partial charge in [-0.05, 0) is 43.6 Å². The van der Waals surface area contributed by atoms with Crippen molar-refractivity contribution in [2.75, 3.05) is 26.2 Å². The SMILES string of the molecule is O[C@@H](CNC[C@H](c1ccco1)N1CCCCC1)c1ccccc1. The molecule has 124 valence electrons. The van der Waals surface area contributed by atoms with Crippen LogP contribution in [0.15, 0.2) is 53.1 Å². The van der Waals surface area contributed by atoms with Crippen molar-refractivity contribution in [2.45, 2.75) is 31.4 Å². The molecule has 0 unspecified atom stereocenters.